The molecule has 0 saturated heterocycles. The summed E-state index contributed by atoms with van der Waals surface area (Å²) in [6.07, 6.45) is 1.68. The van der Waals surface area contributed by atoms with Gasteiger partial charge in [-0.2, -0.15) is 4.98 Å². The molecule has 0 fully saturated rings. The summed E-state index contributed by atoms with van der Waals surface area (Å²) < 4.78 is 1.95. The van der Waals surface area contributed by atoms with Gasteiger partial charge in [0, 0.05) is 19.8 Å². The van der Waals surface area contributed by atoms with Crippen LogP contribution in [-0.4, -0.2) is 17.0 Å². The van der Waals surface area contributed by atoms with Crippen molar-refractivity contribution in [1.29, 1.82) is 0 Å². The molecule has 8 heteroatoms. The molecule has 0 radical (unpaired) electrons. The Morgan fingerprint density at radius 1 is 1.50 bits per heavy atom. The Labute approximate surface area is 126 Å². The molecule has 0 bridgehead atoms. The number of hydrazine groups is 1. The number of aromatic nitrogens is 2. The number of halogens is 2. The Balaban J connectivity index is 2.20. The van der Waals surface area contributed by atoms with Crippen molar-refractivity contribution in [1.82, 2.24) is 9.97 Å². The van der Waals surface area contributed by atoms with Gasteiger partial charge >= 0.3 is 0 Å². The molecule has 2 aromatic rings. The third kappa shape index (κ3) is 3.19. The van der Waals surface area contributed by atoms with E-state index in [2.05, 4.69) is 58.7 Å². The number of hydrogen-bond acceptors (Lipinski definition) is 6. The maximum Gasteiger partial charge on any atom is 0.239 e. The van der Waals surface area contributed by atoms with Crippen LogP contribution in [0.25, 0.3) is 0 Å². The standard InChI is InChI=1S/C10H11Br2N5S/c1-17(4-6-2-8(12)18-5-6)9-7(11)3-14-10(15-9)16-13/h2-3,5H,4,13H2,1H3,(H,14,15,16). The first-order chi connectivity index (χ1) is 8.60. The fourth-order valence-corrected chi connectivity index (χ4v) is 3.17. The Kier molecular flexibility index (Phi) is 4.55. The number of thiophene rings is 1. The second-order valence-corrected chi connectivity index (χ2v) is 6.77. The largest absolute Gasteiger partial charge is 0.354 e. The highest BCUT2D eigenvalue weighted by Crippen LogP contribution is 2.26. The molecule has 0 aliphatic heterocycles. The fourth-order valence-electron chi connectivity index (χ4n) is 1.47. The summed E-state index contributed by atoms with van der Waals surface area (Å²) in [5.41, 5.74) is 3.67. The minimum absolute atomic E-state index is 0.395. The Bertz CT molecular complexity index is 545. The van der Waals surface area contributed by atoms with Crippen molar-refractivity contribution in [3.8, 4) is 0 Å². The van der Waals surface area contributed by atoms with Gasteiger partial charge in [0.1, 0.15) is 5.82 Å². The normalized spacial score (nSPS) is 10.4. The quantitative estimate of drug-likeness (QED) is 0.618. The van der Waals surface area contributed by atoms with Crippen molar-refractivity contribution < 1.29 is 0 Å². The van der Waals surface area contributed by atoms with Gasteiger partial charge in [-0.1, -0.05) is 0 Å². The van der Waals surface area contributed by atoms with Crippen molar-refractivity contribution in [2.75, 3.05) is 17.4 Å². The summed E-state index contributed by atoms with van der Waals surface area (Å²) in [6, 6.07) is 2.10. The van der Waals surface area contributed by atoms with Crippen LogP contribution in [0.15, 0.2) is 25.9 Å². The van der Waals surface area contributed by atoms with Crippen molar-refractivity contribution in [2.24, 2.45) is 5.84 Å². The molecule has 2 heterocycles. The van der Waals surface area contributed by atoms with E-state index in [0.29, 0.717) is 5.95 Å². The molecule has 0 aliphatic carbocycles. The lowest BCUT2D eigenvalue weighted by atomic mass is 10.3. The molecule has 2 aromatic heterocycles. The molecular weight excluding hydrogens is 382 g/mol. The van der Waals surface area contributed by atoms with Crippen LogP contribution < -0.4 is 16.2 Å². The number of nitrogens with one attached hydrogen (secondary N) is 1. The van der Waals surface area contributed by atoms with Crippen LogP contribution in [0, 0.1) is 0 Å². The van der Waals surface area contributed by atoms with E-state index in [9.17, 15) is 0 Å². The highest BCUT2D eigenvalue weighted by Gasteiger charge is 2.10. The lowest BCUT2D eigenvalue weighted by molar-refractivity contribution is 0.889. The van der Waals surface area contributed by atoms with E-state index in [4.69, 9.17) is 5.84 Å². The zero-order valence-electron chi connectivity index (χ0n) is 9.52. The first-order valence-electron chi connectivity index (χ1n) is 5.03. The first kappa shape index (κ1) is 13.7. The third-order valence-corrected chi connectivity index (χ3v) is 4.37. The fraction of sp³-hybridized carbons (Fsp3) is 0.200. The van der Waals surface area contributed by atoms with Gasteiger partial charge in [0.25, 0.3) is 0 Å². The van der Waals surface area contributed by atoms with E-state index < -0.39 is 0 Å². The topological polar surface area (TPSA) is 67.1 Å². The number of hydrogen-bond donors (Lipinski definition) is 2. The molecule has 0 saturated carbocycles. The maximum absolute atomic E-state index is 5.31. The number of rotatable bonds is 4. The van der Waals surface area contributed by atoms with Crippen LogP contribution >= 0.6 is 43.2 Å². The predicted octanol–water partition coefficient (Wildman–Crippen LogP) is 2.99. The molecule has 96 valence electrons. The molecule has 0 amide bonds. The molecule has 0 aromatic carbocycles. The zero-order valence-corrected chi connectivity index (χ0v) is 13.5. The van der Waals surface area contributed by atoms with Crippen LogP contribution in [0.2, 0.25) is 0 Å². The summed E-state index contributed by atoms with van der Waals surface area (Å²) in [6.45, 7) is 0.766. The van der Waals surface area contributed by atoms with Gasteiger partial charge in [-0.25, -0.2) is 10.8 Å². The van der Waals surface area contributed by atoms with E-state index in [-0.39, 0.29) is 0 Å². The van der Waals surface area contributed by atoms with Gasteiger partial charge in [-0.3, -0.25) is 5.43 Å². The lowest BCUT2D eigenvalue weighted by Crippen LogP contribution is -2.20. The number of anilines is 2. The van der Waals surface area contributed by atoms with Gasteiger partial charge in [-0.05, 0) is 48.9 Å². The summed E-state index contributed by atoms with van der Waals surface area (Å²) in [7, 11) is 1.97. The average molecular weight is 393 g/mol. The van der Waals surface area contributed by atoms with Crippen molar-refractivity contribution in [3.63, 3.8) is 0 Å². The van der Waals surface area contributed by atoms with Gasteiger partial charge in [0.15, 0.2) is 0 Å². The molecule has 3 N–H and O–H groups in total. The van der Waals surface area contributed by atoms with Crippen LogP contribution in [-0.2, 0) is 6.54 Å². The molecule has 0 unspecified atom stereocenters. The summed E-state index contributed by atoms with van der Waals surface area (Å²) in [5, 5.41) is 2.11. The van der Waals surface area contributed by atoms with Crippen molar-refractivity contribution >= 4 is 55.0 Å². The Morgan fingerprint density at radius 3 is 2.89 bits per heavy atom. The summed E-state index contributed by atoms with van der Waals surface area (Å²) in [4.78, 5) is 10.4. The Hall–Kier alpha value is -0.700. The summed E-state index contributed by atoms with van der Waals surface area (Å²) in [5.74, 6) is 6.50. The molecule has 5 nitrogen and oxygen atoms in total. The number of nitrogen functional groups attached to an aromatic ring is 1. The van der Waals surface area contributed by atoms with Gasteiger partial charge in [0.05, 0.1) is 8.26 Å². The van der Waals surface area contributed by atoms with E-state index >= 15 is 0 Å². The van der Waals surface area contributed by atoms with E-state index in [0.717, 1.165) is 20.6 Å². The SMILES string of the molecule is CN(Cc1csc(Br)c1)c1nc(NN)ncc1Br. The van der Waals surface area contributed by atoms with Crippen LogP contribution in [0.4, 0.5) is 11.8 Å². The zero-order chi connectivity index (χ0) is 13.1. The molecule has 0 atom stereocenters. The molecule has 18 heavy (non-hydrogen) atoms. The smallest absolute Gasteiger partial charge is 0.239 e. The van der Waals surface area contributed by atoms with Crippen molar-refractivity contribution in [3.05, 3.63) is 31.5 Å². The van der Waals surface area contributed by atoms with Gasteiger partial charge in [0.2, 0.25) is 5.95 Å². The number of nitrogens with zero attached hydrogens (tertiary/aromatic N) is 3. The molecular formula is C10H11Br2N5S. The van der Waals surface area contributed by atoms with E-state index in [1.807, 2.05) is 11.9 Å². The monoisotopic (exact) mass is 391 g/mol. The molecule has 2 rings (SSSR count). The minimum atomic E-state index is 0.395. The third-order valence-electron chi connectivity index (χ3n) is 2.26. The van der Waals surface area contributed by atoms with Gasteiger partial charge in [-0.15, -0.1) is 11.3 Å². The molecule has 0 spiro atoms. The van der Waals surface area contributed by atoms with Crippen LogP contribution in [0.1, 0.15) is 5.56 Å². The summed E-state index contributed by atoms with van der Waals surface area (Å²) >= 11 is 8.56. The Morgan fingerprint density at radius 2 is 2.28 bits per heavy atom. The maximum atomic E-state index is 5.31. The lowest BCUT2D eigenvalue weighted by Gasteiger charge is -2.19. The minimum Gasteiger partial charge on any atom is -0.354 e. The van der Waals surface area contributed by atoms with Crippen LogP contribution in [0.3, 0.4) is 0 Å². The second kappa shape index (κ2) is 5.96. The van der Waals surface area contributed by atoms with E-state index in [1.54, 1.807) is 17.5 Å². The van der Waals surface area contributed by atoms with E-state index in [1.165, 1.54) is 5.56 Å². The van der Waals surface area contributed by atoms with Gasteiger partial charge < -0.3 is 4.90 Å². The number of nitrogens with two attached hydrogens (primary N) is 1. The highest BCUT2D eigenvalue weighted by atomic mass is 79.9. The van der Waals surface area contributed by atoms with Crippen LogP contribution in [0.5, 0.6) is 0 Å². The molecule has 0 aliphatic rings. The highest BCUT2D eigenvalue weighted by molar-refractivity contribution is 9.11. The first-order valence-corrected chi connectivity index (χ1v) is 7.50. The second-order valence-electron chi connectivity index (χ2n) is 3.62. The average Bonchev–Trinajstić information content (AvgIpc) is 2.75. The predicted molar refractivity (Wildman–Crippen MR) is 81.7 cm³/mol. The van der Waals surface area contributed by atoms with Crippen molar-refractivity contribution in [2.45, 2.75) is 6.54 Å².